The van der Waals surface area contributed by atoms with Crippen LogP contribution in [0.25, 0.3) is 0 Å². The number of carbonyl (C=O) groups is 1. The molecule has 0 aliphatic heterocycles. The van der Waals surface area contributed by atoms with E-state index in [-0.39, 0.29) is 11.8 Å². The number of nitrogens with two attached hydrogens (primary N) is 1. The van der Waals surface area contributed by atoms with Crippen molar-refractivity contribution < 1.29 is 4.79 Å². The fourth-order valence-corrected chi connectivity index (χ4v) is 3.28. The lowest BCUT2D eigenvalue weighted by Crippen LogP contribution is -2.37. The van der Waals surface area contributed by atoms with E-state index >= 15 is 0 Å². The first-order chi connectivity index (χ1) is 8.15. The molecule has 98 valence electrons. The summed E-state index contributed by atoms with van der Waals surface area (Å²) in [6.45, 7) is 3.20. The molecule has 2 atom stereocenters. The average Bonchev–Trinajstić information content (AvgIpc) is 2.73. The Kier molecular flexibility index (Phi) is 4.43. The Labute approximate surface area is 105 Å². The number of carbonyl (C=O) groups excluding carboxylic acids is 1. The molecule has 2 aliphatic rings. The Morgan fingerprint density at radius 1 is 1.18 bits per heavy atom. The highest BCUT2D eigenvalue weighted by Crippen LogP contribution is 2.30. The summed E-state index contributed by atoms with van der Waals surface area (Å²) in [6.07, 6.45) is 7.89. The largest absolute Gasteiger partial charge is 0.356 e. The van der Waals surface area contributed by atoms with E-state index in [2.05, 4.69) is 12.2 Å². The van der Waals surface area contributed by atoms with Crippen molar-refractivity contribution in [2.24, 2.45) is 23.5 Å². The van der Waals surface area contributed by atoms with E-state index in [0.29, 0.717) is 6.04 Å². The van der Waals surface area contributed by atoms with Crippen molar-refractivity contribution >= 4 is 5.91 Å². The molecule has 2 aliphatic carbocycles. The van der Waals surface area contributed by atoms with Gasteiger partial charge in [0.05, 0.1) is 0 Å². The molecular formula is C14H26N2O. The van der Waals surface area contributed by atoms with Crippen LogP contribution in [0.15, 0.2) is 0 Å². The van der Waals surface area contributed by atoms with Gasteiger partial charge in [-0.25, -0.2) is 0 Å². The fraction of sp³-hybridized carbons (Fsp3) is 0.929. The van der Waals surface area contributed by atoms with Crippen LogP contribution in [-0.4, -0.2) is 18.5 Å². The summed E-state index contributed by atoms with van der Waals surface area (Å²) in [5, 5.41) is 3.15. The molecule has 0 aromatic rings. The molecular weight excluding hydrogens is 212 g/mol. The molecule has 2 saturated carbocycles. The maximum Gasteiger partial charge on any atom is 0.223 e. The third kappa shape index (κ3) is 3.70. The van der Waals surface area contributed by atoms with Gasteiger partial charge in [-0.05, 0) is 50.4 Å². The van der Waals surface area contributed by atoms with Crippen LogP contribution in [0.4, 0.5) is 0 Å². The van der Waals surface area contributed by atoms with Gasteiger partial charge >= 0.3 is 0 Å². The third-order valence-corrected chi connectivity index (χ3v) is 4.51. The normalized spacial score (nSPS) is 38.0. The Balaban J connectivity index is 1.67. The van der Waals surface area contributed by atoms with Gasteiger partial charge in [0.15, 0.2) is 0 Å². The first-order valence-electron chi connectivity index (χ1n) is 7.18. The highest BCUT2D eigenvalue weighted by Gasteiger charge is 2.26. The monoisotopic (exact) mass is 238 g/mol. The molecule has 0 spiro atoms. The molecule has 3 N–H and O–H groups in total. The Morgan fingerprint density at radius 2 is 1.88 bits per heavy atom. The van der Waals surface area contributed by atoms with Gasteiger partial charge in [0.1, 0.15) is 0 Å². The molecule has 3 heteroatoms. The smallest absolute Gasteiger partial charge is 0.223 e. The summed E-state index contributed by atoms with van der Waals surface area (Å²) in [6, 6.07) is 0.328. The lowest BCUT2D eigenvalue weighted by atomic mass is 9.86. The van der Waals surface area contributed by atoms with Crippen LogP contribution in [0.5, 0.6) is 0 Å². The SMILES string of the molecule is CC1CCC(CNC(=O)C2CCC(N)CC2)C1. The van der Waals surface area contributed by atoms with E-state index in [9.17, 15) is 4.79 Å². The van der Waals surface area contributed by atoms with Crippen molar-refractivity contribution in [1.82, 2.24) is 5.32 Å². The molecule has 0 aromatic heterocycles. The lowest BCUT2D eigenvalue weighted by molar-refractivity contribution is -0.126. The summed E-state index contributed by atoms with van der Waals surface area (Å²) >= 11 is 0. The topological polar surface area (TPSA) is 55.1 Å². The van der Waals surface area contributed by atoms with E-state index < -0.39 is 0 Å². The van der Waals surface area contributed by atoms with Crippen LogP contribution < -0.4 is 11.1 Å². The van der Waals surface area contributed by atoms with Crippen LogP contribution in [0.3, 0.4) is 0 Å². The van der Waals surface area contributed by atoms with Crippen LogP contribution in [0.1, 0.15) is 51.9 Å². The second-order valence-electron chi connectivity index (χ2n) is 6.14. The number of nitrogens with one attached hydrogen (secondary N) is 1. The van der Waals surface area contributed by atoms with E-state index in [1.807, 2.05) is 0 Å². The van der Waals surface area contributed by atoms with Crippen molar-refractivity contribution in [2.75, 3.05) is 6.54 Å². The van der Waals surface area contributed by atoms with Gasteiger partial charge in [0.25, 0.3) is 0 Å². The van der Waals surface area contributed by atoms with E-state index in [1.165, 1.54) is 19.3 Å². The number of amides is 1. The molecule has 2 unspecified atom stereocenters. The summed E-state index contributed by atoms with van der Waals surface area (Å²) in [5.74, 6) is 2.08. The van der Waals surface area contributed by atoms with Gasteiger partial charge in [0, 0.05) is 18.5 Å². The van der Waals surface area contributed by atoms with Crippen LogP contribution >= 0.6 is 0 Å². The molecule has 3 nitrogen and oxygen atoms in total. The van der Waals surface area contributed by atoms with Gasteiger partial charge < -0.3 is 11.1 Å². The average molecular weight is 238 g/mol. The zero-order valence-corrected chi connectivity index (χ0v) is 11.0. The second kappa shape index (κ2) is 5.85. The van der Waals surface area contributed by atoms with Gasteiger partial charge in [-0.15, -0.1) is 0 Å². The molecule has 0 heterocycles. The van der Waals surface area contributed by atoms with Crippen LogP contribution in [0.2, 0.25) is 0 Å². The van der Waals surface area contributed by atoms with Gasteiger partial charge in [-0.1, -0.05) is 13.3 Å². The van der Waals surface area contributed by atoms with Gasteiger partial charge in [0.2, 0.25) is 5.91 Å². The minimum Gasteiger partial charge on any atom is -0.356 e. The Morgan fingerprint density at radius 3 is 2.47 bits per heavy atom. The summed E-state index contributed by atoms with van der Waals surface area (Å²) in [4.78, 5) is 12.0. The molecule has 2 rings (SSSR count). The first-order valence-corrected chi connectivity index (χ1v) is 7.18. The quantitative estimate of drug-likeness (QED) is 0.790. The first kappa shape index (κ1) is 12.9. The maximum absolute atomic E-state index is 12.0. The molecule has 17 heavy (non-hydrogen) atoms. The predicted octanol–water partition coefficient (Wildman–Crippen LogP) is 2.06. The summed E-state index contributed by atoms with van der Waals surface area (Å²) in [7, 11) is 0. The molecule has 0 radical (unpaired) electrons. The highest BCUT2D eigenvalue weighted by molar-refractivity contribution is 5.78. The van der Waals surface area contributed by atoms with Gasteiger partial charge in [-0.2, -0.15) is 0 Å². The zero-order valence-electron chi connectivity index (χ0n) is 11.0. The second-order valence-corrected chi connectivity index (χ2v) is 6.14. The molecule has 0 saturated heterocycles. The fourth-order valence-electron chi connectivity index (χ4n) is 3.28. The number of hydrogen-bond acceptors (Lipinski definition) is 2. The summed E-state index contributed by atoms with van der Waals surface area (Å²) < 4.78 is 0. The molecule has 0 bridgehead atoms. The standard InChI is InChI=1S/C14H26N2O/c1-10-2-3-11(8-10)9-16-14(17)12-4-6-13(15)7-5-12/h10-13H,2-9,15H2,1H3,(H,16,17). The zero-order chi connectivity index (χ0) is 12.3. The van der Waals surface area contributed by atoms with Crippen molar-refractivity contribution in [1.29, 1.82) is 0 Å². The van der Waals surface area contributed by atoms with Gasteiger partial charge in [-0.3, -0.25) is 4.79 Å². The highest BCUT2D eigenvalue weighted by atomic mass is 16.1. The van der Waals surface area contributed by atoms with Crippen molar-refractivity contribution in [3.63, 3.8) is 0 Å². The maximum atomic E-state index is 12.0. The van der Waals surface area contributed by atoms with E-state index in [4.69, 9.17) is 5.73 Å². The van der Waals surface area contributed by atoms with Crippen LogP contribution in [0, 0.1) is 17.8 Å². The summed E-state index contributed by atoms with van der Waals surface area (Å²) in [5.41, 5.74) is 5.85. The lowest BCUT2D eigenvalue weighted by Gasteiger charge is -2.25. The third-order valence-electron chi connectivity index (χ3n) is 4.51. The molecule has 2 fully saturated rings. The molecule has 0 aromatic carbocycles. The van der Waals surface area contributed by atoms with E-state index in [0.717, 1.165) is 44.1 Å². The van der Waals surface area contributed by atoms with Crippen LogP contribution in [-0.2, 0) is 4.79 Å². The predicted molar refractivity (Wildman–Crippen MR) is 69.4 cm³/mol. The Bertz CT molecular complexity index is 259. The number of hydrogen-bond donors (Lipinski definition) is 2. The minimum atomic E-state index is 0.230. The van der Waals surface area contributed by atoms with Crippen molar-refractivity contribution in [3.05, 3.63) is 0 Å². The minimum absolute atomic E-state index is 0.230. The Hall–Kier alpha value is -0.570. The van der Waals surface area contributed by atoms with Crippen molar-refractivity contribution in [2.45, 2.75) is 57.9 Å². The van der Waals surface area contributed by atoms with E-state index in [1.54, 1.807) is 0 Å². The number of rotatable bonds is 3. The molecule has 1 amide bonds. The van der Waals surface area contributed by atoms with Crippen molar-refractivity contribution in [3.8, 4) is 0 Å².